The molecule has 3 N–H and O–H groups in total. The lowest BCUT2D eigenvalue weighted by Crippen LogP contribution is -2.06. The Morgan fingerprint density at radius 3 is 2.58 bits per heavy atom. The number of rotatable bonds is 6. The number of carbonyl (C=O) groups is 1. The van der Waals surface area contributed by atoms with Crippen LogP contribution >= 0.6 is 15.9 Å². The van der Waals surface area contributed by atoms with E-state index in [-0.39, 0.29) is 10.5 Å². The van der Waals surface area contributed by atoms with Gasteiger partial charge in [0.2, 0.25) is 5.91 Å². The summed E-state index contributed by atoms with van der Waals surface area (Å²) in [4.78, 5) is 20.2. The first-order valence-corrected chi connectivity index (χ1v) is 10.5. The lowest BCUT2D eigenvalue weighted by atomic mass is 10.0. The molecule has 0 radical (unpaired) electrons. The number of carbonyl (C=O) groups excluding carboxylic acids is 1. The number of amides is 1. The fourth-order valence-electron chi connectivity index (χ4n) is 3.41. The average Bonchev–Trinajstić information content (AvgIpc) is 2.77. The second kappa shape index (κ2) is 9.06. The van der Waals surface area contributed by atoms with Gasteiger partial charge in [0.15, 0.2) is 0 Å². The van der Waals surface area contributed by atoms with Crippen LogP contribution in [0.4, 0.5) is 11.4 Å². The highest BCUT2D eigenvalue weighted by atomic mass is 79.9. The van der Waals surface area contributed by atoms with Crippen molar-refractivity contribution in [3.05, 3.63) is 84.3 Å². The topological polar surface area (TPSA) is 90.8 Å². The maximum atomic E-state index is 11.4. The highest BCUT2D eigenvalue weighted by molar-refractivity contribution is 9.18. The van der Waals surface area contributed by atoms with E-state index >= 15 is 0 Å². The van der Waals surface area contributed by atoms with Crippen LogP contribution in [0.3, 0.4) is 0 Å². The van der Waals surface area contributed by atoms with Crippen LogP contribution in [-0.2, 0) is 11.3 Å². The van der Waals surface area contributed by atoms with Crippen molar-refractivity contribution in [2.75, 3.05) is 10.6 Å². The zero-order chi connectivity index (χ0) is 21.8. The van der Waals surface area contributed by atoms with Gasteiger partial charge < -0.3 is 10.6 Å². The van der Waals surface area contributed by atoms with Crippen LogP contribution in [0.5, 0.6) is 0 Å². The minimum atomic E-state index is -0.147. The molecule has 0 saturated carbocycles. The lowest BCUT2D eigenvalue weighted by molar-refractivity contribution is -0.114. The Bertz CT molecular complexity index is 1270. The van der Waals surface area contributed by atoms with Gasteiger partial charge in [-0.05, 0) is 45.3 Å². The van der Waals surface area contributed by atoms with Crippen molar-refractivity contribution in [3.63, 3.8) is 0 Å². The summed E-state index contributed by atoms with van der Waals surface area (Å²) in [6.45, 7) is 2.09. The van der Waals surface area contributed by atoms with Crippen LogP contribution in [0.1, 0.15) is 18.1 Å². The summed E-state index contributed by atoms with van der Waals surface area (Å²) < 4.78 is 0.276. The number of benzene rings is 2. The molecule has 4 rings (SSSR count). The van der Waals surface area contributed by atoms with Crippen molar-refractivity contribution < 1.29 is 4.79 Å². The van der Waals surface area contributed by atoms with E-state index in [9.17, 15) is 4.79 Å². The third kappa shape index (κ3) is 4.78. The van der Waals surface area contributed by atoms with Crippen LogP contribution in [0, 0.1) is 5.41 Å². The second-order valence-corrected chi connectivity index (χ2v) is 7.87. The molecule has 1 amide bonds. The van der Waals surface area contributed by atoms with Gasteiger partial charge in [-0.2, -0.15) is 0 Å². The molecule has 0 aliphatic carbocycles. The zero-order valence-corrected chi connectivity index (χ0v) is 18.4. The number of aromatic nitrogens is 2. The summed E-state index contributed by atoms with van der Waals surface area (Å²) in [6.07, 6.45) is 5.12. The summed E-state index contributed by atoms with van der Waals surface area (Å²) in [5.41, 5.74) is 5.87. The molecule has 4 aromatic rings. The first kappa shape index (κ1) is 20.7. The first-order chi connectivity index (χ1) is 15.0. The first-order valence-electron chi connectivity index (χ1n) is 9.69. The quantitative estimate of drug-likeness (QED) is 0.318. The van der Waals surface area contributed by atoms with Gasteiger partial charge in [0, 0.05) is 36.2 Å². The van der Waals surface area contributed by atoms with Crippen molar-refractivity contribution in [2.24, 2.45) is 0 Å². The predicted octanol–water partition coefficient (Wildman–Crippen LogP) is 5.59. The van der Waals surface area contributed by atoms with Crippen molar-refractivity contribution in [3.8, 4) is 11.1 Å². The van der Waals surface area contributed by atoms with Crippen LogP contribution in [0.2, 0.25) is 0 Å². The monoisotopic (exact) mass is 473 g/mol. The van der Waals surface area contributed by atoms with E-state index in [0.717, 1.165) is 38.8 Å². The smallest absolute Gasteiger partial charge is 0.221 e. The zero-order valence-electron chi connectivity index (χ0n) is 16.8. The molecule has 0 aliphatic heterocycles. The Morgan fingerprint density at radius 1 is 1.03 bits per heavy atom. The molecule has 6 nitrogen and oxygen atoms in total. The standard InChI is InChI=1S/C24H20BrN5O/c1-15(31)30-19-9-18(12-27-13-19)17-7-8-21-20(10-17)23(24(25)26)22(14-29-21)28-11-16-5-3-2-4-6-16/h2-10,12-14,26,28H,11H2,1H3,(H,30,31). The third-order valence-corrected chi connectivity index (χ3v) is 5.20. The van der Waals surface area contributed by atoms with E-state index in [1.54, 1.807) is 18.6 Å². The van der Waals surface area contributed by atoms with E-state index in [2.05, 4.69) is 36.5 Å². The van der Waals surface area contributed by atoms with Crippen LogP contribution in [-0.4, -0.2) is 20.5 Å². The molecular formula is C24H20BrN5O. The number of halogens is 1. The third-order valence-electron chi connectivity index (χ3n) is 4.81. The number of fused-ring (bicyclic) bond motifs is 1. The fourth-order valence-corrected chi connectivity index (χ4v) is 3.83. The molecule has 2 aromatic carbocycles. The molecular weight excluding hydrogens is 454 g/mol. The Labute approximate surface area is 188 Å². The van der Waals surface area contributed by atoms with Gasteiger partial charge >= 0.3 is 0 Å². The molecule has 0 saturated heterocycles. The molecule has 0 atom stereocenters. The molecule has 154 valence electrons. The van der Waals surface area contributed by atoms with Crippen molar-refractivity contribution in [1.29, 1.82) is 5.41 Å². The van der Waals surface area contributed by atoms with Gasteiger partial charge in [0.05, 0.1) is 29.3 Å². The Kier molecular flexibility index (Phi) is 6.04. The van der Waals surface area contributed by atoms with Crippen LogP contribution in [0.15, 0.2) is 73.2 Å². The molecule has 0 aliphatic rings. The van der Waals surface area contributed by atoms with E-state index in [1.807, 2.05) is 54.6 Å². The van der Waals surface area contributed by atoms with Crippen LogP contribution in [0.25, 0.3) is 22.0 Å². The van der Waals surface area contributed by atoms with Gasteiger partial charge in [-0.3, -0.25) is 20.2 Å². The minimum absolute atomic E-state index is 0.147. The maximum absolute atomic E-state index is 11.4. The highest BCUT2D eigenvalue weighted by Crippen LogP contribution is 2.31. The van der Waals surface area contributed by atoms with Gasteiger partial charge in [0.1, 0.15) is 4.62 Å². The molecule has 0 fully saturated rings. The predicted molar refractivity (Wildman–Crippen MR) is 129 cm³/mol. The molecule has 7 heteroatoms. The summed E-state index contributed by atoms with van der Waals surface area (Å²) in [5.74, 6) is -0.147. The molecule has 2 heterocycles. The number of nitrogens with zero attached hydrogens (tertiary/aromatic N) is 2. The summed E-state index contributed by atoms with van der Waals surface area (Å²) in [6, 6.07) is 17.8. The Hall–Kier alpha value is -3.58. The molecule has 0 unspecified atom stereocenters. The van der Waals surface area contributed by atoms with Gasteiger partial charge in [-0.15, -0.1) is 0 Å². The van der Waals surface area contributed by atoms with Gasteiger partial charge in [-0.1, -0.05) is 36.4 Å². The van der Waals surface area contributed by atoms with Crippen molar-refractivity contribution in [2.45, 2.75) is 13.5 Å². The van der Waals surface area contributed by atoms with Crippen molar-refractivity contribution >= 4 is 48.7 Å². The minimum Gasteiger partial charge on any atom is -0.379 e. The van der Waals surface area contributed by atoms with E-state index < -0.39 is 0 Å². The van der Waals surface area contributed by atoms with E-state index in [4.69, 9.17) is 5.41 Å². The fraction of sp³-hybridized carbons (Fsp3) is 0.0833. The largest absolute Gasteiger partial charge is 0.379 e. The Balaban J connectivity index is 1.75. The molecule has 31 heavy (non-hydrogen) atoms. The normalized spacial score (nSPS) is 10.6. The van der Waals surface area contributed by atoms with Crippen LogP contribution < -0.4 is 10.6 Å². The van der Waals surface area contributed by atoms with Crippen molar-refractivity contribution in [1.82, 2.24) is 9.97 Å². The highest BCUT2D eigenvalue weighted by Gasteiger charge is 2.13. The number of hydrogen-bond acceptors (Lipinski definition) is 5. The average molecular weight is 474 g/mol. The summed E-state index contributed by atoms with van der Waals surface area (Å²) in [7, 11) is 0. The van der Waals surface area contributed by atoms with E-state index in [0.29, 0.717) is 12.2 Å². The number of pyridine rings is 2. The van der Waals surface area contributed by atoms with E-state index in [1.165, 1.54) is 6.92 Å². The van der Waals surface area contributed by atoms with Gasteiger partial charge in [0.25, 0.3) is 0 Å². The maximum Gasteiger partial charge on any atom is 0.221 e. The second-order valence-electron chi connectivity index (χ2n) is 7.08. The molecule has 0 bridgehead atoms. The molecule has 0 spiro atoms. The summed E-state index contributed by atoms with van der Waals surface area (Å²) in [5, 5.41) is 15.3. The number of anilines is 2. The lowest BCUT2D eigenvalue weighted by Gasteiger charge is -2.14. The number of hydrogen-bond donors (Lipinski definition) is 3. The molecule has 2 aromatic heterocycles. The Morgan fingerprint density at radius 2 is 1.84 bits per heavy atom. The number of nitrogens with one attached hydrogen (secondary N) is 3. The summed E-state index contributed by atoms with van der Waals surface area (Å²) >= 11 is 3.36. The van der Waals surface area contributed by atoms with Gasteiger partial charge in [-0.25, -0.2) is 0 Å². The SMILES string of the molecule is CC(=O)Nc1cncc(-c2ccc3ncc(NCc4ccccc4)c(C(=N)Br)c3c2)c1.